The zero-order chi connectivity index (χ0) is 13.0. The normalized spacial score (nSPS) is 17.7. The number of carbonyl (C=O) groups excluding carboxylic acids is 1. The van der Waals surface area contributed by atoms with E-state index >= 15 is 0 Å². The fourth-order valence-electron chi connectivity index (χ4n) is 2.30. The van der Waals surface area contributed by atoms with Crippen molar-refractivity contribution < 1.29 is 9.90 Å². The Kier molecular flexibility index (Phi) is 4.40. The van der Waals surface area contributed by atoms with Gasteiger partial charge in [-0.15, -0.1) is 0 Å². The summed E-state index contributed by atoms with van der Waals surface area (Å²) < 4.78 is 0. The number of halogens is 1. The van der Waals surface area contributed by atoms with Crippen molar-refractivity contribution in [1.82, 2.24) is 5.32 Å². The van der Waals surface area contributed by atoms with E-state index in [1.807, 2.05) is 24.3 Å². The molecule has 0 unspecified atom stereocenters. The van der Waals surface area contributed by atoms with E-state index in [2.05, 4.69) is 21.2 Å². The first-order chi connectivity index (χ1) is 8.63. The Morgan fingerprint density at radius 2 is 1.89 bits per heavy atom. The van der Waals surface area contributed by atoms with E-state index < -0.39 is 5.60 Å². The van der Waals surface area contributed by atoms with Crippen molar-refractivity contribution in [2.75, 3.05) is 6.54 Å². The number of benzene rings is 1. The fourth-order valence-corrected chi connectivity index (χ4v) is 2.68. The number of alkyl halides is 1. The van der Waals surface area contributed by atoms with Gasteiger partial charge in [0.2, 0.25) is 0 Å². The van der Waals surface area contributed by atoms with Gasteiger partial charge in [0.25, 0.3) is 5.91 Å². The molecule has 0 bridgehead atoms. The van der Waals surface area contributed by atoms with Gasteiger partial charge in [-0.2, -0.15) is 0 Å². The molecule has 1 aliphatic carbocycles. The van der Waals surface area contributed by atoms with Crippen LogP contribution in [0.3, 0.4) is 0 Å². The van der Waals surface area contributed by atoms with Gasteiger partial charge in [0, 0.05) is 17.4 Å². The zero-order valence-electron chi connectivity index (χ0n) is 10.3. The van der Waals surface area contributed by atoms with Crippen molar-refractivity contribution in [2.24, 2.45) is 0 Å². The molecule has 0 aliphatic heterocycles. The summed E-state index contributed by atoms with van der Waals surface area (Å²) in [6, 6.07) is 7.47. The average Bonchev–Trinajstić information content (AvgIpc) is 2.83. The second-order valence-corrected chi connectivity index (χ2v) is 5.51. The van der Waals surface area contributed by atoms with Crippen LogP contribution in [-0.4, -0.2) is 23.2 Å². The molecule has 2 N–H and O–H groups in total. The number of rotatable bonds is 4. The Labute approximate surface area is 116 Å². The van der Waals surface area contributed by atoms with Gasteiger partial charge in [-0.05, 0) is 30.5 Å². The molecule has 18 heavy (non-hydrogen) atoms. The lowest BCUT2D eigenvalue weighted by molar-refractivity contribution is 0.0449. The molecule has 1 fully saturated rings. The minimum atomic E-state index is -0.689. The van der Waals surface area contributed by atoms with Crippen LogP contribution in [0.5, 0.6) is 0 Å². The number of amides is 1. The van der Waals surface area contributed by atoms with Gasteiger partial charge in [0.05, 0.1) is 5.60 Å². The Morgan fingerprint density at radius 3 is 2.44 bits per heavy atom. The number of nitrogens with one attached hydrogen (secondary N) is 1. The summed E-state index contributed by atoms with van der Waals surface area (Å²) in [6.07, 6.45) is 3.67. The summed E-state index contributed by atoms with van der Waals surface area (Å²) in [5.74, 6) is -0.114. The van der Waals surface area contributed by atoms with E-state index in [9.17, 15) is 9.90 Å². The number of carbonyl (C=O) groups is 1. The Bertz CT molecular complexity index is 410. The summed E-state index contributed by atoms with van der Waals surface area (Å²) in [6.45, 7) is 0.353. The molecule has 1 aromatic rings. The predicted octanol–water partition coefficient (Wildman–Crippen LogP) is 2.62. The molecule has 3 nitrogen and oxygen atoms in total. The van der Waals surface area contributed by atoms with Crippen LogP contribution >= 0.6 is 15.9 Å². The van der Waals surface area contributed by atoms with Crippen molar-refractivity contribution in [2.45, 2.75) is 36.6 Å². The van der Waals surface area contributed by atoms with Crippen LogP contribution in [0, 0.1) is 0 Å². The van der Waals surface area contributed by atoms with Crippen molar-refractivity contribution in [3.63, 3.8) is 0 Å². The highest BCUT2D eigenvalue weighted by Gasteiger charge is 2.31. The molecule has 1 aliphatic rings. The third-order valence-electron chi connectivity index (χ3n) is 3.48. The molecule has 0 aromatic heterocycles. The van der Waals surface area contributed by atoms with Crippen molar-refractivity contribution in [3.8, 4) is 0 Å². The molecular weight excluding hydrogens is 294 g/mol. The summed E-state index contributed by atoms with van der Waals surface area (Å²) in [7, 11) is 0. The van der Waals surface area contributed by atoms with Crippen LogP contribution in [0.1, 0.15) is 41.6 Å². The average molecular weight is 312 g/mol. The van der Waals surface area contributed by atoms with Crippen molar-refractivity contribution in [1.29, 1.82) is 0 Å². The predicted molar refractivity (Wildman–Crippen MR) is 74.8 cm³/mol. The molecular formula is C14H18BrNO2. The van der Waals surface area contributed by atoms with E-state index in [0.29, 0.717) is 12.1 Å². The SMILES string of the molecule is O=C(NCC1(O)CCCC1)c1ccc(CBr)cc1. The monoisotopic (exact) mass is 311 g/mol. The first kappa shape index (κ1) is 13.6. The van der Waals surface area contributed by atoms with Gasteiger partial charge < -0.3 is 10.4 Å². The topological polar surface area (TPSA) is 49.3 Å². The highest BCUT2D eigenvalue weighted by Crippen LogP contribution is 2.28. The van der Waals surface area contributed by atoms with Gasteiger partial charge in [0.1, 0.15) is 0 Å². The largest absolute Gasteiger partial charge is 0.388 e. The van der Waals surface area contributed by atoms with Crippen LogP contribution in [0.2, 0.25) is 0 Å². The quantitative estimate of drug-likeness (QED) is 0.840. The summed E-state index contributed by atoms with van der Waals surface area (Å²) >= 11 is 3.37. The first-order valence-corrected chi connectivity index (χ1v) is 7.41. The maximum atomic E-state index is 11.9. The van der Waals surface area contributed by atoms with E-state index in [1.54, 1.807) is 0 Å². The molecule has 4 heteroatoms. The van der Waals surface area contributed by atoms with Crippen LogP contribution < -0.4 is 5.32 Å². The third-order valence-corrected chi connectivity index (χ3v) is 4.13. The zero-order valence-corrected chi connectivity index (χ0v) is 11.9. The summed E-state index contributed by atoms with van der Waals surface area (Å²) in [5.41, 5.74) is 1.09. The molecule has 0 heterocycles. The Hall–Kier alpha value is -0.870. The van der Waals surface area contributed by atoms with E-state index in [0.717, 1.165) is 36.6 Å². The number of aliphatic hydroxyl groups is 1. The molecule has 1 aromatic carbocycles. The lowest BCUT2D eigenvalue weighted by atomic mass is 10.0. The molecule has 2 rings (SSSR count). The van der Waals surface area contributed by atoms with Crippen molar-refractivity contribution in [3.05, 3.63) is 35.4 Å². The van der Waals surface area contributed by atoms with Crippen LogP contribution in [0.25, 0.3) is 0 Å². The van der Waals surface area contributed by atoms with E-state index in [-0.39, 0.29) is 5.91 Å². The molecule has 0 atom stereocenters. The highest BCUT2D eigenvalue weighted by molar-refractivity contribution is 9.08. The molecule has 1 saturated carbocycles. The molecule has 0 spiro atoms. The molecule has 0 saturated heterocycles. The van der Waals surface area contributed by atoms with Crippen molar-refractivity contribution >= 4 is 21.8 Å². The van der Waals surface area contributed by atoms with Crippen LogP contribution in [0.4, 0.5) is 0 Å². The van der Waals surface area contributed by atoms with Crippen LogP contribution in [0.15, 0.2) is 24.3 Å². The van der Waals surface area contributed by atoms with E-state index in [4.69, 9.17) is 0 Å². The van der Waals surface area contributed by atoms with Gasteiger partial charge in [-0.3, -0.25) is 4.79 Å². The lowest BCUT2D eigenvalue weighted by Crippen LogP contribution is -2.40. The Morgan fingerprint density at radius 1 is 1.28 bits per heavy atom. The first-order valence-electron chi connectivity index (χ1n) is 6.28. The minimum Gasteiger partial charge on any atom is -0.388 e. The molecule has 1 amide bonds. The Balaban J connectivity index is 1.90. The maximum Gasteiger partial charge on any atom is 0.251 e. The van der Waals surface area contributed by atoms with Gasteiger partial charge >= 0.3 is 0 Å². The van der Waals surface area contributed by atoms with Crippen LogP contribution in [-0.2, 0) is 5.33 Å². The minimum absolute atomic E-state index is 0.114. The standard InChI is InChI=1S/C14H18BrNO2/c15-9-11-3-5-12(6-4-11)13(17)16-10-14(18)7-1-2-8-14/h3-6,18H,1-2,7-10H2,(H,16,17). The smallest absolute Gasteiger partial charge is 0.251 e. The maximum absolute atomic E-state index is 11.9. The van der Waals surface area contributed by atoms with Gasteiger partial charge in [-0.1, -0.05) is 40.9 Å². The van der Waals surface area contributed by atoms with Gasteiger partial charge in [-0.25, -0.2) is 0 Å². The fraction of sp³-hybridized carbons (Fsp3) is 0.500. The summed E-state index contributed by atoms with van der Waals surface area (Å²) in [5, 5.41) is 13.8. The molecule has 0 radical (unpaired) electrons. The molecule has 98 valence electrons. The summed E-state index contributed by atoms with van der Waals surface area (Å²) in [4.78, 5) is 11.9. The lowest BCUT2D eigenvalue weighted by Gasteiger charge is -2.22. The highest BCUT2D eigenvalue weighted by atomic mass is 79.9. The van der Waals surface area contributed by atoms with Gasteiger partial charge in [0.15, 0.2) is 0 Å². The third kappa shape index (κ3) is 3.33. The second kappa shape index (κ2) is 5.85. The van der Waals surface area contributed by atoms with E-state index in [1.165, 1.54) is 0 Å². The second-order valence-electron chi connectivity index (χ2n) is 4.94. The number of hydrogen-bond acceptors (Lipinski definition) is 2. The number of hydrogen-bond donors (Lipinski definition) is 2.